The van der Waals surface area contributed by atoms with E-state index in [1.807, 2.05) is 0 Å². The Morgan fingerprint density at radius 1 is 1.60 bits per heavy atom. The van der Waals surface area contributed by atoms with Crippen molar-refractivity contribution in [3.05, 3.63) is 0 Å². The number of nitrogens with zero attached hydrogens (tertiary/aromatic N) is 1. The number of carboxylic acids is 1. The summed E-state index contributed by atoms with van der Waals surface area (Å²) in [4.78, 5) is 24.2. The number of hydrogen-bond donors (Lipinski definition) is 2. The average Bonchev–Trinajstić information content (AvgIpc) is 2.27. The van der Waals surface area contributed by atoms with Crippen LogP contribution in [0.15, 0.2) is 0 Å². The molecule has 2 unspecified atom stereocenters. The van der Waals surface area contributed by atoms with Crippen LogP contribution in [0.4, 0.5) is 0 Å². The summed E-state index contributed by atoms with van der Waals surface area (Å²) in [5.41, 5.74) is 5.41. The molecule has 1 aliphatic heterocycles. The predicted molar refractivity (Wildman–Crippen MR) is 55.2 cm³/mol. The van der Waals surface area contributed by atoms with Crippen LogP contribution in [0.1, 0.15) is 19.8 Å². The summed E-state index contributed by atoms with van der Waals surface area (Å²) < 4.78 is 0. The third-order valence-electron chi connectivity index (χ3n) is 2.86. The fourth-order valence-electron chi connectivity index (χ4n) is 1.79. The second-order valence-electron chi connectivity index (χ2n) is 4.10. The Morgan fingerprint density at radius 2 is 2.27 bits per heavy atom. The van der Waals surface area contributed by atoms with Crippen LogP contribution in [0.25, 0.3) is 0 Å². The molecule has 0 aromatic rings. The van der Waals surface area contributed by atoms with Crippen LogP contribution < -0.4 is 5.73 Å². The van der Waals surface area contributed by atoms with Gasteiger partial charge in [-0.3, -0.25) is 9.59 Å². The minimum atomic E-state index is -0.812. The SMILES string of the molecule is CC(CN)C(=O)N1CCCC(C(=O)O)C1. The van der Waals surface area contributed by atoms with Crippen LogP contribution in [-0.4, -0.2) is 41.5 Å². The van der Waals surface area contributed by atoms with Crippen molar-refractivity contribution in [3.8, 4) is 0 Å². The number of aliphatic carboxylic acids is 1. The molecule has 86 valence electrons. The summed E-state index contributed by atoms with van der Waals surface area (Å²) in [6.45, 7) is 3.07. The first-order valence-corrected chi connectivity index (χ1v) is 5.28. The molecule has 1 rings (SSSR count). The maximum Gasteiger partial charge on any atom is 0.308 e. The summed E-state index contributed by atoms with van der Waals surface area (Å²) in [7, 11) is 0. The molecule has 15 heavy (non-hydrogen) atoms. The first-order valence-electron chi connectivity index (χ1n) is 5.28. The maximum absolute atomic E-state index is 11.8. The van der Waals surface area contributed by atoms with Gasteiger partial charge >= 0.3 is 5.97 Å². The van der Waals surface area contributed by atoms with Crippen LogP contribution in [0, 0.1) is 11.8 Å². The molecule has 1 aliphatic rings. The fraction of sp³-hybridized carbons (Fsp3) is 0.800. The fourth-order valence-corrected chi connectivity index (χ4v) is 1.79. The highest BCUT2D eigenvalue weighted by Crippen LogP contribution is 2.18. The average molecular weight is 214 g/mol. The molecule has 1 saturated heterocycles. The molecule has 0 aliphatic carbocycles. The third kappa shape index (κ3) is 2.92. The number of likely N-dealkylation sites (tertiary alicyclic amines) is 1. The van der Waals surface area contributed by atoms with E-state index in [2.05, 4.69) is 0 Å². The Bertz CT molecular complexity index is 255. The molecule has 5 heteroatoms. The molecular weight excluding hydrogens is 196 g/mol. The van der Waals surface area contributed by atoms with Crippen LogP contribution in [0.5, 0.6) is 0 Å². The number of rotatable bonds is 3. The molecule has 1 amide bonds. The van der Waals surface area contributed by atoms with E-state index in [0.717, 1.165) is 6.42 Å². The Balaban J connectivity index is 2.56. The lowest BCUT2D eigenvalue weighted by molar-refractivity contribution is -0.146. The first-order chi connectivity index (χ1) is 7.06. The highest BCUT2D eigenvalue weighted by atomic mass is 16.4. The Hall–Kier alpha value is -1.10. The molecule has 0 saturated carbocycles. The lowest BCUT2D eigenvalue weighted by Crippen LogP contribution is -2.45. The smallest absolute Gasteiger partial charge is 0.308 e. The van der Waals surface area contributed by atoms with E-state index in [0.29, 0.717) is 26.1 Å². The second-order valence-corrected chi connectivity index (χ2v) is 4.10. The lowest BCUT2D eigenvalue weighted by Gasteiger charge is -2.32. The van der Waals surface area contributed by atoms with E-state index in [1.54, 1.807) is 11.8 Å². The predicted octanol–water partition coefficient (Wildman–Crippen LogP) is -0.0956. The Labute approximate surface area is 89.2 Å². The second kappa shape index (κ2) is 5.11. The molecule has 5 nitrogen and oxygen atoms in total. The van der Waals surface area contributed by atoms with Gasteiger partial charge in [-0.1, -0.05) is 6.92 Å². The normalized spacial score (nSPS) is 23.6. The van der Waals surface area contributed by atoms with Crippen molar-refractivity contribution in [2.75, 3.05) is 19.6 Å². The molecule has 0 bridgehead atoms. The highest BCUT2D eigenvalue weighted by Gasteiger charge is 2.29. The summed E-state index contributed by atoms with van der Waals surface area (Å²) in [6.07, 6.45) is 1.43. The zero-order valence-electron chi connectivity index (χ0n) is 8.98. The molecule has 0 aromatic heterocycles. The van der Waals surface area contributed by atoms with Crippen molar-refractivity contribution in [1.82, 2.24) is 4.90 Å². The van der Waals surface area contributed by atoms with Crippen molar-refractivity contribution in [3.63, 3.8) is 0 Å². The number of carbonyl (C=O) groups is 2. The maximum atomic E-state index is 11.8. The molecular formula is C10H18N2O3. The van der Waals surface area contributed by atoms with Crippen LogP contribution >= 0.6 is 0 Å². The minimum Gasteiger partial charge on any atom is -0.481 e. The number of carboxylic acid groups (broad SMARTS) is 1. The molecule has 3 N–H and O–H groups in total. The number of piperidine rings is 1. The van der Waals surface area contributed by atoms with Gasteiger partial charge in [0.15, 0.2) is 0 Å². The summed E-state index contributed by atoms with van der Waals surface area (Å²) in [5.74, 6) is -1.46. The minimum absolute atomic E-state index is 0.0246. The van der Waals surface area contributed by atoms with Gasteiger partial charge in [0, 0.05) is 25.6 Å². The number of hydrogen-bond acceptors (Lipinski definition) is 3. The van der Waals surface area contributed by atoms with E-state index in [-0.39, 0.29) is 11.8 Å². The number of amides is 1. The van der Waals surface area contributed by atoms with Gasteiger partial charge in [-0.25, -0.2) is 0 Å². The van der Waals surface area contributed by atoms with Crippen LogP contribution in [0.2, 0.25) is 0 Å². The standard InChI is InChI=1S/C10H18N2O3/c1-7(5-11)9(13)12-4-2-3-8(6-12)10(14)15/h7-8H,2-6,11H2,1H3,(H,14,15). The highest BCUT2D eigenvalue weighted by molar-refractivity contribution is 5.80. The van der Waals surface area contributed by atoms with Gasteiger partial charge in [-0.15, -0.1) is 0 Å². The first kappa shape index (κ1) is 12.0. The quantitative estimate of drug-likeness (QED) is 0.687. The van der Waals surface area contributed by atoms with Crippen molar-refractivity contribution < 1.29 is 14.7 Å². The van der Waals surface area contributed by atoms with Crippen LogP contribution in [-0.2, 0) is 9.59 Å². The zero-order valence-corrected chi connectivity index (χ0v) is 8.98. The van der Waals surface area contributed by atoms with E-state index >= 15 is 0 Å². The van der Waals surface area contributed by atoms with Crippen molar-refractivity contribution in [1.29, 1.82) is 0 Å². The largest absolute Gasteiger partial charge is 0.481 e. The summed E-state index contributed by atoms with van der Waals surface area (Å²) >= 11 is 0. The van der Waals surface area contributed by atoms with Crippen LogP contribution in [0.3, 0.4) is 0 Å². The Morgan fingerprint density at radius 3 is 2.80 bits per heavy atom. The van der Waals surface area contributed by atoms with Crippen molar-refractivity contribution >= 4 is 11.9 Å². The van der Waals surface area contributed by atoms with Gasteiger partial charge in [0.25, 0.3) is 0 Å². The monoisotopic (exact) mass is 214 g/mol. The van der Waals surface area contributed by atoms with Crippen molar-refractivity contribution in [2.24, 2.45) is 17.6 Å². The summed E-state index contributed by atoms with van der Waals surface area (Å²) in [5, 5.41) is 8.87. The topological polar surface area (TPSA) is 83.6 Å². The molecule has 0 spiro atoms. The van der Waals surface area contributed by atoms with Gasteiger partial charge < -0.3 is 15.7 Å². The van der Waals surface area contributed by atoms with Gasteiger partial charge in [-0.2, -0.15) is 0 Å². The molecule has 2 atom stereocenters. The summed E-state index contributed by atoms with van der Waals surface area (Å²) in [6, 6.07) is 0. The van der Waals surface area contributed by atoms with E-state index in [9.17, 15) is 9.59 Å². The Kier molecular flexibility index (Phi) is 4.08. The molecule has 0 radical (unpaired) electrons. The molecule has 1 fully saturated rings. The number of nitrogens with two attached hydrogens (primary N) is 1. The lowest BCUT2D eigenvalue weighted by atomic mass is 9.97. The van der Waals surface area contributed by atoms with E-state index in [1.165, 1.54) is 0 Å². The van der Waals surface area contributed by atoms with Crippen molar-refractivity contribution in [2.45, 2.75) is 19.8 Å². The third-order valence-corrected chi connectivity index (χ3v) is 2.86. The van der Waals surface area contributed by atoms with E-state index < -0.39 is 11.9 Å². The number of carbonyl (C=O) groups excluding carboxylic acids is 1. The van der Waals surface area contributed by atoms with Gasteiger partial charge in [0.2, 0.25) is 5.91 Å². The van der Waals surface area contributed by atoms with E-state index in [4.69, 9.17) is 10.8 Å². The molecule has 0 aromatic carbocycles. The molecule has 1 heterocycles. The zero-order chi connectivity index (χ0) is 11.4. The van der Waals surface area contributed by atoms with Gasteiger partial charge in [0.1, 0.15) is 0 Å². The van der Waals surface area contributed by atoms with Gasteiger partial charge in [0.05, 0.1) is 5.92 Å². The van der Waals surface area contributed by atoms with Gasteiger partial charge in [-0.05, 0) is 12.8 Å².